The highest BCUT2D eigenvalue weighted by atomic mass is 31.2. The molecule has 20 nitrogen and oxygen atoms in total. The van der Waals surface area contributed by atoms with Crippen molar-refractivity contribution in [3.8, 4) is 0 Å². The molecule has 0 saturated carbocycles. The first-order valence-electron chi connectivity index (χ1n) is 14.3. The number of carbonyl (C=O) groups excluding carboxylic acids is 1. The lowest BCUT2D eigenvalue weighted by Gasteiger charge is -2.25. The number of carbonyl (C=O) groups is 1. The van der Waals surface area contributed by atoms with Crippen LogP contribution in [0.25, 0.3) is 0 Å². The van der Waals surface area contributed by atoms with Crippen molar-refractivity contribution in [3.05, 3.63) is 0 Å². The molecular weight excluding hydrogens is 718 g/mol. The molecule has 4 radical (unpaired) electrons. The molecule has 0 aromatic rings. The molecule has 3 rings (SSSR count). The minimum absolute atomic E-state index is 0.0722. The molecule has 12 atom stereocenters. The summed E-state index contributed by atoms with van der Waals surface area (Å²) in [5, 5.41) is 0. The van der Waals surface area contributed by atoms with Crippen LogP contribution in [0.3, 0.4) is 0 Å². The van der Waals surface area contributed by atoms with Crippen LogP contribution in [0.15, 0.2) is 0 Å². The van der Waals surface area contributed by atoms with Crippen LogP contribution >= 0.6 is 31.3 Å². The second-order valence-electron chi connectivity index (χ2n) is 10.5. The summed E-state index contributed by atoms with van der Waals surface area (Å²) in [5.74, 6) is -0.897. The number of esters is 1. The molecule has 3 fully saturated rings. The van der Waals surface area contributed by atoms with Gasteiger partial charge in [0.05, 0.1) is 44.6 Å². The van der Waals surface area contributed by atoms with Crippen LogP contribution in [0.1, 0.15) is 46.0 Å². The van der Waals surface area contributed by atoms with Crippen LogP contribution in [-0.2, 0) is 73.5 Å². The van der Waals surface area contributed by atoms with E-state index in [0.29, 0.717) is 12.8 Å². The average Bonchev–Trinajstić information content (AvgIpc) is 3.61. The van der Waals surface area contributed by atoms with E-state index in [-0.39, 0.29) is 12.8 Å². The van der Waals surface area contributed by atoms with Gasteiger partial charge in [0.2, 0.25) is 0 Å². The maximum atomic E-state index is 12.8. The van der Waals surface area contributed by atoms with E-state index >= 15 is 0 Å². The van der Waals surface area contributed by atoms with Crippen molar-refractivity contribution in [3.63, 3.8) is 0 Å². The smallest absolute Gasteiger partial charge is 0.457 e. The van der Waals surface area contributed by atoms with Crippen molar-refractivity contribution in [1.82, 2.24) is 0 Å². The van der Waals surface area contributed by atoms with Gasteiger partial charge in [-0.3, -0.25) is 41.0 Å². The van der Waals surface area contributed by atoms with Gasteiger partial charge in [-0.25, -0.2) is 18.3 Å². The van der Waals surface area contributed by atoms with Gasteiger partial charge in [-0.15, -0.1) is 0 Å². The maximum absolute atomic E-state index is 12.8. The number of ether oxygens (including phenoxy) is 3. The van der Waals surface area contributed by atoms with Gasteiger partial charge in [-0.2, -0.15) is 0 Å². The van der Waals surface area contributed by atoms with Crippen molar-refractivity contribution >= 4 is 53.0 Å². The summed E-state index contributed by atoms with van der Waals surface area (Å²) >= 11 is 0. The molecule has 3 aliphatic heterocycles. The van der Waals surface area contributed by atoms with Gasteiger partial charge in [0.25, 0.3) is 0 Å². The van der Waals surface area contributed by atoms with E-state index < -0.39 is 118 Å². The zero-order chi connectivity index (χ0) is 35.2. The Morgan fingerprint density at radius 3 is 1.62 bits per heavy atom. The third-order valence-corrected chi connectivity index (χ3v) is 11.0. The van der Waals surface area contributed by atoms with Crippen molar-refractivity contribution in [2.45, 2.75) is 101 Å². The Kier molecular flexibility index (Phi) is 15.4. The Morgan fingerprint density at radius 2 is 1.15 bits per heavy atom. The zero-order valence-corrected chi connectivity index (χ0v) is 29.2. The predicted molar refractivity (Wildman–Crippen MR) is 157 cm³/mol. The fraction of sp³-hybridized carbons (Fsp3) is 0.952. The molecule has 0 aromatic carbocycles. The highest BCUT2D eigenvalue weighted by Gasteiger charge is 2.46. The predicted octanol–water partition coefficient (Wildman–Crippen LogP) is 1.33. The Hall–Kier alpha value is -0.0401. The Bertz CT molecular complexity index is 1240. The van der Waals surface area contributed by atoms with E-state index in [4.69, 9.17) is 61.6 Å². The fourth-order valence-electron chi connectivity index (χ4n) is 4.63. The summed E-state index contributed by atoms with van der Waals surface area (Å²) in [6, 6.07) is -1.94. The number of rotatable bonds is 20. The average molecular weight is 756 g/mol. The summed E-state index contributed by atoms with van der Waals surface area (Å²) in [5.41, 5.74) is 0. The van der Waals surface area contributed by atoms with Gasteiger partial charge in [0.15, 0.2) is 6.10 Å². The summed E-state index contributed by atoms with van der Waals surface area (Å²) in [4.78, 5) is 52.1. The standard InChI is InChI=1S/C21H38B2O20P4/c1-4-12(5-2)40-47(31,32)43-14-7-20(23)38-17(14)10-35-46(29,30)42-15-8-21(24)39-18(15)11-36-45(27,28)41-13-6-19(22)37-16(13)9-34-44(25,26)33-3/h12-20H,4-11H2,1-3H3,(H,25,26)(H,27,28)(H,29,30)(H,31,32). The minimum atomic E-state index is -5.00. The van der Waals surface area contributed by atoms with Crippen LogP contribution in [0, 0.1) is 0 Å². The molecular formula is C21H38B2O20P4. The third kappa shape index (κ3) is 13.6. The quantitative estimate of drug-likeness (QED) is 0.0775. The lowest BCUT2D eigenvalue weighted by molar-refractivity contribution is -0.143. The van der Waals surface area contributed by atoms with Crippen molar-refractivity contribution in [1.29, 1.82) is 0 Å². The van der Waals surface area contributed by atoms with Crippen molar-refractivity contribution in [2.24, 2.45) is 0 Å². The molecule has 0 aromatic heterocycles. The minimum Gasteiger partial charge on any atom is -0.457 e. The van der Waals surface area contributed by atoms with E-state index in [1.807, 2.05) is 0 Å². The van der Waals surface area contributed by atoms with Gasteiger partial charge >= 0.3 is 37.3 Å². The number of hydrogen-bond donors (Lipinski definition) is 4. The SMILES string of the molecule is [B]C1CC(OP(=O)(O)OCC2OC(=O)CC2OP(=O)(O)OCC2OC([B])CC2OP(=O)(O)OC(CC)CC)C(COP(=O)(O)OC)O1. The lowest BCUT2D eigenvalue weighted by atomic mass is 9.96. The van der Waals surface area contributed by atoms with E-state index in [1.165, 1.54) is 0 Å². The molecule has 0 spiro atoms. The number of hydrogen-bond acceptors (Lipinski definition) is 16. The van der Waals surface area contributed by atoms with E-state index in [2.05, 4.69) is 4.52 Å². The first-order chi connectivity index (χ1) is 21.8. The first kappa shape index (κ1) is 41.4. The second-order valence-corrected chi connectivity index (χ2v) is 16.3. The molecule has 47 heavy (non-hydrogen) atoms. The van der Waals surface area contributed by atoms with Gasteiger partial charge in [0.1, 0.15) is 34.0 Å². The number of phosphoric ester groups is 4. The first-order valence-corrected chi connectivity index (χ1v) is 20.3. The number of phosphoric acid groups is 4. The van der Waals surface area contributed by atoms with Crippen LogP contribution < -0.4 is 0 Å². The molecule has 4 N–H and O–H groups in total. The van der Waals surface area contributed by atoms with Gasteiger partial charge in [0, 0.05) is 19.1 Å². The molecule has 12 unspecified atom stereocenters. The van der Waals surface area contributed by atoms with E-state index in [0.717, 1.165) is 7.11 Å². The largest absolute Gasteiger partial charge is 0.472 e. The van der Waals surface area contributed by atoms with Crippen molar-refractivity contribution < 1.29 is 93.0 Å². The molecule has 3 heterocycles. The molecule has 0 bridgehead atoms. The van der Waals surface area contributed by atoms with E-state index in [9.17, 15) is 42.6 Å². The Labute approximate surface area is 273 Å². The summed E-state index contributed by atoms with van der Waals surface area (Å²) in [6.45, 7) is 1.36. The Morgan fingerprint density at radius 1 is 0.723 bits per heavy atom. The summed E-state index contributed by atoms with van der Waals surface area (Å²) < 4.78 is 105. The van der Waals surface area contributed by atoms with Gasteiger partial charge in [-0.05, 0) is 25.7 Å². The summed E-state index contributed by atoms with van der Waals surface area (Å²) in [7, 11) is -6.57. The van der Waals surface area contributed by atoms with E-state index in [1.54, 1.807) is 13.8 Å². The number of cyclic esters (lactones) is 1. The highest BCUT2D eigenvalue weighted by molar-refractivity contribution is 7.48. The molecule has 3 saturated heterocycles. The molecule has 26 heteroatoms. The van der Waals surface area contributed by atoms with Crippen molar-refractivity contribution in [2.75, 3.05) is 26.9 Å². The van der Waals surface area contributed by atoms with Crippen LogP contribution in [0.4, 0.5) is 0 Å². The monoisotopic (exact) mass is 756 g/mol. The lowest BCUT2D eigenvalue weighted by Crippen LogP contribution is -2.31. The van der Waals surface area contributed by atoms with Gasteiger partial charge < -0.3 is 33.8 Å². The normalized spacial score (nSPS) is 34.9. The van der Waals surface area contributed by atoms with Crippen LogP contribution in [-0.4, -0.2) is 123 Å². The molecule has 0 aliphatic carbocycles. The maximum Gasteiger partial charge on any atom is 0.472 e. The molecule has 3 aliphatic rings. The van der Waals surface area contributed by atoms with Gasteiger partial charge in [-0.1, -0.05) is 13.8 Å². The Balaban J connectivity index is 1.54. The molecule has 0 amide bonds. The van der Waals surface area contributed by atoms with Crippen LogP contribution in [0.2, 0.25) is 0 Å². The third-order valence-electron chi connectivity index (χ3n) is 6.96. The highest BCUT2D eigenvalue weighted by Crippen LogP contribution is 2.52. The molecule has 268 valence electrons. The fourth-order valence-corrected chi connectivity index (χ4v) is 8.27. The van der Waals surface area contributed by atoms with Crippen LogP contribution in [0.5, 0.6) is 0 Å². The summed E-state index contributed by atoms with van der Waals surface area (Å²) in [6.07, 6.45) is -8.20. The topological polar surface area (TPSA) is 268 Å². The second kappa shape index (κ2) is 17.5. The zero-order valence-electron chi connectivity index (χ0n) is 25.6.